The van der Waals surface area contributed by atoms with E-state index in [-0.39, 0.29) is 123 Å². The molecule has 3 heterocycles. The number of carbonyl (C=O) groups is 7. The number of ether oxygens (including phenoxy) is 4. The summed E-state index contributed by atoms with van der Waals surface area (Å²) in [6.45, 7) is 1.95. The van der Waals surface area contributed by atoms with Gasteiger partial charge in [0.05, 0.1) is 29.0 Å². The molecule has 11 aromatic rings. The van der Waals surface area contributed by atoms with Gasteiger partial charge in [-0.3, -0.25) is 24.5 Å². The van der Waals surface area contributed by atoms with Crippen LogP contribution in [0.2, 0.25) is 0 Å². The van der Waals surface area contributed by atoms with Gasteiger partial charge in [-0.05, 0) is 268 Å². The van der Waals surface area contributed by atoms with Gasteiger partial charge in [-0.2, -0.15) is 9.78 Å². The smallest absolute Gasteiger partial charge is 0.508 e. The highest BCUT2D eigenvalue weighted by Crippen LogP contribution is 2.62. The zero-order valence-electron chi connectivity index (χ0n) is 75.6. The Bertz CT molecular complexity index is 6440. The Hall–Kier alpha value is -15.6. The monoisotopic (exact) mass is 1970 g/mol. The number of aromatic hydroxyl groups is 4. The molecule has 10 aromatic carbocycles. The Labute approximate surface area is 803 Å². The maximum absolute atomic E-state index is 17.4. The van der Waals surface area contributed by atoms with Crippen LogP contribution < -0.4 is 56.3 Å². The zero-order valence-corrected chi connectivity index (χ0v) is 75.6. The van der Waals surface area contributed by atoms with Crippen LogP contribution in [0, 0.1) is 17.8 Å². The predicted molar refractivity (Wildman–Crippen MR) is 495 cm³/mol. The normalized spacial score (nSPS) is 16.8. The molecular weight excluding hydrogens is 1880 g/mol. The van der Waals surface area contributed by atoms with Gasteiger partial charge < -0.3 is 66.0 Å². The van der Waals surface area contributed by atoms with Crippen LogP contribution in [0.15, 0.2) is 253 Å². The lowest BCUT2D eigenvalue weighted by molar-refractivity contribution is -0.927. The van der Waals surface area contributed by atoms with E-state index >= 15 is 9.59 Å². The summed E-state index contributed by atoms with van der Waals surface area (Å²) in [5.41, 5.74) is 3.91. The summed E-state index contributed by atoms with van der Waals surface area (Å²) < 4.78 is 171. The van der Waals surface area contributed by atoms with Crippen molar-refractivity contribution in [2.45, 2.75) is 152 Å². The summed E-state index contributed by atoms with van der Waals surface area (Å²) in [6.07, 6.45) is -9.20. The number of quaternary nitrogens is 1. The molecule has 11 N–H and O–H groups in total. The molecule has 740 valence electrons. The molecular formula is C102H94F12N13O15+. The van der Waals surface area contributed by atoms with E-state index in [4.69, 9.17) is 5.10 Å². The van der Waals surface area contributed by atoms with Gasteiger partial charge in [-0.1, -0.05) is 93.3 Å². The zero-order chi connectivity index (χ0) is 101. The number of phenols is 4. The van der Waals surface area contributed by atoms with E-state index in [1.165, 1.54) is 99.6 Å². The number of urea groups is 2. The first kappa shape index (κ1) is 99.4. The summed E-state index contributed by atoms with van der Waals surface area (Å²) in [6, 6.07) is 51.8. The first-order valence-corrected chi connectivity index (χ1v) is 45.6. The average molecular weight is 1970 g/mol. The van der Waals surface area contributed by atoms with E-state index in [0.717, 1.165) is 128 Å². The molecule has 142 heavy (non-hydrogen) atoms. The summed E-state index contributed by atoms with van der Waals surface area (Å²) in [4.78, 5) is 101. The Morgan fingerprint density at radius 1 is 0.458 bits per heavy atom. The highest BCUT2D eigenvalue weighted by atomic mass is 19.4. The van der Waals surface area contributed by atoms with Crippen LogP contribution in [-0.2, 0) is 18.5 Å². The Morgan fingerprint density at radius 3 is 1.23 bits per heavy atom. The molecule has 2 aliphatic heterocycles. The minimum atomic E-state index is -5.03. The quantitative estimate of drug-likeness (QED) is 0.0129. The number of hydrogen-bond donors (Lipinski definition) is 11. The molecule has 4 aliphatic carbocycles. The minimum Gasteiger partial charge on any atom is -0.508 e. The van der Waals surface area contributed by atoms with Crippen LogP contribution >= 0.6 is 0 Å². The van der Waals surface area contributed by atoms with Gasteiger partial charge in [0.2, 0.25) is 0 Å². The van der Waals surface area contributed by atoms with Crippen LogP contribution in [0.3, 0.4) is 0 Å². The molecule has 28 nitrogen and oxygen atoms in total. The molecule has 5 fully saturated rings. The number of phenolic OH excluding ortho intramolecular Hbond substituents is 4. The number of aromatic nitrogens is 2. The second-order valence-corrected chi connectivity index (χ2v) is 35.1. The van der Waals surface area contributed by atoms with E-state index in [2.05, 4.69) is 61.4 Å². The lowest BCUT2D eigenvalue weighted by Gasteiger charge is -2.55. The average Bonchev–Trinajstić information content (AvgIpc) is 1.52. The van der Waals surface area contributed by atoms with Crippen molar-refractivity contribution >= 4 is 70.2 Å². The Balaban J connectivity index is 0.000000293. The number of anilines is 4. The standard InChI is InChI=1S/C72H66F9N9O11.C30H27F3N4O4/c1-2-35-88(90(66(97)82-40-42-9-4-3-5-10-42)59(43-11-6-12-43)39-58(86-90)55-36-49(23-32-60(55)91)83-63(94)44-17-26-52(27-18-44)99-70(73,74)75)67(98)89-69(47-13-7-14-47,48-15-8-16-48)41-68(87-89,56-37-50(24-33-61(56)92)84-64(95)45-19-28-53(29-20-45)100-71(76,77)78)57-38-51(25-34-62(57)93)85-65(96)46-21-30-54(31-22-46)101-72(79,80)81;31-30(32,33)41-23-12-9-21(10-13-23)28(39)35-22-11-14-27(38)24(17-22)25-18-26(20-7-4-8-20)37(36-25)29(40)34-16-15-19-5-2-1-3-6-19/h3-5,9-10,17-34,36-39,43,47-48,87H,2,6-8,11-16,35,40-41H2,1H3,(H6-,82,83,84,85,86,91,92,93,94,95,96,97);1-3,5-6,9-14,17-18,20,38H,4,7-8,15-16H2,(H,34,40)(H,35,39)/p+1. The Morgan fingerprint density at radius 2 is 0.845 bits per heavy atom. The largest absolute Gasteiger partial charge is 0.573 e. The van der Waals surface area contributed by atoms with Crippen molar-refractivity contribution < 1.29 is 130 Å². The number of hydrogen-bond acceptors (Lipinski definition) is 18. The molecule has 1 aromatic heterocycles. The van der Waals surface area contributed by atoms with Gasteiger partial charge in [0.1, 0.15) is 51.7 Å². The van der Waals surface area contributed by atoms with Crippen molar-refractivity contribution in [3.05, 3.63) is 304 Å². The number of carbonyl (C=O) groups excluding carboxylic acids is 7. The van der Waals surface area contributed by atoms with Crippen molar-refractivity contribution in [3.63, 3.8) is 0 Å². The molecule has 1 saturated heterocycles. The van der Waals surface area contributed by atoms with Crippen molar-refractivity contribution in [2.24, 2.45) is 22.9 Å². The van der Waals surface area contributed by atoms with Crippen molar-refractivity contribution in [2.75, 3.05) is 34.4 Å². The number of allylic oxidation sites excluding steroid dienone is 2. The van der Waals surface area contributed by atoms with Crippen molar-refractivity contribution in [1.82, 2.24) is 35.9 Å². The van der Waals surface area contributed by atoms with Gasteiger partial charge in [-0.15, -0.1) is 57.7 Å². The topological polar surface area (TPSA) is 358 Å². The third kappa shape index (κ3) is 22.5. The predicted octanol–water partition coefficient (Wildman–Crippen LogP) is 22.1. The number of alkyl halides is 12. The van der Waals surface area contributed by atoms with Crippen molar-refractivity contribution in [1.29, 1.82) is 0 Å². The summed E-state index contributed by atoms with van der Waals surface area (Å²) in [5, 5.41) is 77.1. The van der Waals surface area contributed by atoms with Gasteiger partial charge >= 0.3 is 43.5 Å². The second-order valence-electron chi connectivity index (χ2n) is 35.1. The van der Waals surface area contributed by atoms with Crippen molar-refractivity contribution in [3.8, 4) is 57.3 Å². The van der Waals surface area contributed by atoms with Crippen LogP contribution in [-0.4, -0.2) is 136 Å². The first-order chi connectivity index (χ1) is 67.7. The van der Waals surface area contributed by atoms with Crippen LogP contribution in [0.5, 0.6) is 46.0 Å². The van der Waals surface area contributed by atoms with Gasteiger partial charge in [-0.25, -0.2) is 24.8 Å². The molecule has 6 aliphatic rings. The van der Waals surface area contributed by atoms with Gasteiger partial charge in [0.15, 0.2) is 5.70 Å². The van der Waals surface area contributed by atoms with Crippen LogP contribution in [0.1, 0.15) is 178 Å². The van der Waals surface area contributed by atoms with E-state index in [0.29, 0.717) is 86.1 Å². The molecule has 4 saturated carbocycles. The minimum absolute atomic E-state index is 0.00484. The summed E-state index contributed by atoms with van der Waals surface area (Å²) in [7, 11) is 0. The number of nitrogens with one attached hydrogen (secondary N) is 7. The fourth-order valence-corrected chi connectivity index (χ4v) is 18.4. The van der Waals surface area contributed by atoms with E-state index in [1.54, 1.807) is 49.4 Å². The maximum Gasteiger partial charge on any atom is 0.573 e. The van der Waals surface area contributed by atoms with Gasteiger partial charge in [0.25, 0.3) is 23.6 Å². The first-order valence-electron chi connectivity index (χ1n) is 45.6. The third-order valence-electron chi connectivity index (χ3n) is 26.0. The molecule has 17 rings (SSSR count). The number of halogens is 12. The highest BCUT2D eigenvalue weighted by Gasteiger charge is 2.69. The Kier molecular flexibility index (Phi) is 28.7. The fourth-order valence-electron chi connectivity index (χ4n) is 18.4. The molecule has 0 spiro atoms. The molecule has 1 atom stereocenters. The van der Waals surface area contributed by atoms with E-state index in [1.807, 2.05) is 30.3 Å². The molecule has 40 heteroatoms. The lowest BCUT2D eigenvalue weighted by Crippen LogP contribution is -2.71. The highest BCUT2D eigenvalue weighted by molar-refractivity contribution is 6.13. The van der Waals surface area contributed by atoms with Gasteiger partial charge in [0, 0.05) is 109 Å². The SMILES string of the molecule is CCCN(C(=O)N1NC(c2cc(NC(=O)c3ccc(OC(F)(F)F)cc3)ccc2O)(c2cc(NC(=O)c3ccc(OC(F)(F)F)cc3)ccc2O)CC1(C1CCC1)C1CCC1)[N+]1(C(=O)NCc2ccccc2)N=C(c2cc(NC(=O)c3ccc(OC(F)(F)F)cc3)ccc2O)C=C1C1CCC1.O=C(Nc1ccc(O)c(-c2cc(C3CCC3)n(C(=O)NCCc3ccccc3)n2)c1)c1ccc(OC(F)(F)F)cc1. The van der Waals surface area contributed by atoms with E-state index < -0.39 is 117 Å². The van der Waals surface area contributed by atoms with Crippen LogP contribution in [0.25, 0.3) is 11.3 Å². The number of nitrogens with zero attached hydrogens (tertiary/aromatic N) is 6. The van der Waals surface area contributed by atoms with E-state index in [9.17, 15) is 97.1 Å². The summed E-state index contributed by atoms with van der Waals surface area (Å²) in [5.74, 6) is -7.44. The lowest BCUT2D eigenvalue weighted by atomic mass is 9.55. The molecule has 9 amide bonds. The van der Waals surface area contributed by atoms with Crippen LogP contribution in [0.4, 0.5) is 89.8 Å². The third-order valence-corrected chi connectivity index (χ3v) is 26.0. The number of rotatable bonds is 27. The maximum atomic E-state index is 17.4. The fraction of sp³-hybridized carbons (Fsp3) is 0.284. The molecule has 1 unspecified atom stereocenters. The number of benzene rings is 10. The summed E-state index contributed by atoms with van der Waals surface area (Å²) >= 11 is 0. The second kappa shape index (κ2) is 41.1. The number of hydrazine groups is 1. The molecule has 0 bridgehead atoms. The molecule has 0 radical (unpaired) electrons. The number of amides is 9.